The Balaban J connectivity index is 2.10. The maximum Gasteiger partial charge on any atom is 0.130 e. The number of hydrogen-bond donors (Lipinski definition) is 1. The number of thiol groups is 1. The summed E-state index contributed by atoms with van der Waals surface area (Å²) < 4.78 is 8.27. The van der Waals surface area contributed by atoms with Crippen LogP contribution in [0.5, 0.6) is 5.75 Å². The van der Waals surface area contributed by atoms with Crippen LogP contribution in [0.1, 0.15) is 5.01 Å². The van der Waals surface area contributed by atoms with Crippen molar-refractivity contribution in [2.75, 3.05) is 12.4 Å². The molecule has 19 heavy (non-hydrogen) atoms. The normalized spacial score (nSPS) is 11.3. The lowest BCUT2D eigenvalue weighted by Gasteiger charge is -2.08. The number of thiophene rings is 1. The molecule has 0 bridgehead atoms. The molecule has 0 fully saturated rings. The molecule has 0 atom stereocenters. The smallest absolute Gasteiger partial charge is 0.130 e. The highest BCUT2D eigenvalue weighted by atomic mass is 32.1. The minimum Gasteiger partial charge on any atom is -0.488 e. The predicted molar refractivity (Wildman–Crippen MR) is 88.2 cm³/mol. The van der Waals surface area contributed by atoms with Crippen LogP contribution in [-0.4, -0.2) is 17.3 Å². The van der Waals surface area contributed by atoms with Crippen molar-refractivity contribution in [3.8, 4) is 5.75 Å². The summed E-state index contributed by atoms with van der Waals surface area (Å²) in [4.78, 5) is 4.61. The lowest BCUT2D eigenvalue weighted by atomic mass is 10.2. The van der Waals surface area contributed by atoms with Crippen molar-refractivity contribution in [2.45, 2.75) is 6.92 Å². The summed E-state index contributed by atoms with van der Waals surface area (Å²) >= 11 is 7.61. The van der Waals surface area contributed by atoms with Crippen molar-refractivity contribution in [1.82, 2.24) is 4.98 Å². The highest BCUT2D eigenvalue weighted by molar-refractivity contribution is 7.80. The molecule has 0 unspecified atom stereocenters. The summed E-state index contributed by atoms with van der Waals surface area (Å²) in [5, 5.41) is 4.30. The molecule has 0 saturated carbocycles. The Kier molecular flexibility index (Phi) is 3.52. The van der Waals surface area contributed by atoms with E-state index >= 15 is 0 Å². The SMILES string of the molecule is C=C(CS)COc1cc2sc(C)nc2c2sccc12. The number of aromatic nitrogens is 1. The number of aryl methyl sites for hydroxylation is 1. The molecule has 5 heteroatoms. The van der Waals surface area contributed by atoms with Gasteiger partial charge in [0.15, 0.2) is 0 Å². The summed E-state index contributed by atoms with van der Waals surface area (Å²) in [6.07, 6.45) is 0. The van der Waals surface area contributed by atoms with E-state index in [0.717, 1.165) is 27.2 Å². The van der Waals surface area contributed by atoms with Gasteiger partial charge in [0.1, 0.15) is 12.4 Å². The van der Waals surface area contributed by atoms with E-state index in [1.807, 2.05) is 6.92 Å². The zero-order valence-corrected chi connectivity index (χ0v) is 13.0. The number of nitrogens with zero attached hydrogens (tertiary/aromatic N) is 1. The van der Waals surface area contributed by atoms with Crippen molar-refractivity contribution in [3.63, 3.8) is 0 Å². The van der Waals surface area contributed by atoms with Crippen LogP contribution in [0.2, 0.25) is 0 Å². The monoisotopic (exact) mass is 307 g/mol. The molecule has 2 heterocycles. The third-order valence-electron chi connectivity index (χ3n) is 2.82. The third kappa shape index (κ3) is 2.38. The Bertz CT molecular complexity index is 757. The largest absolute Gasteiger partial charge is 0.488 e. The summed E-state index contributed by atoms with van der Waals surface area (Å²) in [7, 11) is 0. The van der Waals surface area contributed by atoms with Crippen molar-refractivity contribution in [3.05, 3.63) is 34.7 Å². The maximum atomic E-state index is 5.88. The zero-order chi connectivity index (χ0) is 13.4. The predicted octanol–water partition coefficient (Wildman–Crippen LogP) is 4.68. The molecule has 0 radical (unpaired) electrons. The molecule has 3 rings (SSSR count). The van der Waals surface area contributed by atoms with Gasteiger partial charge in [-0.3, -0.25) is 0 Å². The van der Waals surface area contributed by atoms with Gasteiger partial charge in [0.05, 0.1) is 19.9 Å². The average molecular weight is 307 g/mol. The summed E-state index contributed by atoms with van der Waals surface area (Å²) in [6.45, 7) is 6.46. The fourth-order valence-corrected chi connectivity index (χ4v) is 3.86. The highest BCUT2D eigenvalue weighted by Gasteiger charge is 2.12. The fraction of sp³-hybridized carbons (Fsp3) is 0.214. The molecule has 0 saturated heterocycles. The molecule has 2 nitrogen and oxygen atoms in total. The average Bonchev–Trinajstić information content (AvgIpc) is 3.00. The van der Waals surface area contributed by atoms with E-state index in [0.29, 0.717) is 12.4 Å². The van der Waals surface area contributed by atoms with E-state index in [2.05, 4.69) is 41.7 Å². The number of hydrogen-bond acceptors (Lipinski definition) is 5. The van der Waals surface area contributed by atoms with Gasteiger partial charge in [-0.15, -0.1) is 22.7 Å². The topological polar surface area (TPSA) is 22.1 Å². The molecule has 0 aliphatic rings. The van der Waals surface area contributed by atoms with Crippen LogP contribution >= 0.6 is 35.3 Å². The van der Waals surface area contributed by atoms with Gasteiger partial charge >= 0.3 is 0 Å². The van der Waals surface area contributed by atoms with E-state index in [4.69, 9.17) is 4.74 Å². The van der Waals surface area contributed by atoms with Crippen LogP contribution in [0.15, 0.2) is 29.7 Å². The van der Waals surface area contributed by atoms with E-state index in [1.54, 1.807) is 22.7 Å². The Morgan fingerprint density at radius 1 is 1.53 bits per heavy atom. The molecular formula is C14H13NOS3. The van der Waals surface area contributed by atoms with Crippen LogP contribution in [0.25, 0.3) is 20.3 Å². The van der Waals surface area contributed by atoms with E-state index in [9.17, 15) is 0 Å². The molecule has 98 valence electrons. The highest BCUT2D eigenvalue weighted by Crippen LogP contribution is 2.38. The minimum atomic E-state index is 0.512. The van der Waals surface area contributed by atoms with E-state index in [-0.39, 0.29) is 0 Å². The minimum absolute atomic E-state index is 0.512. The van der Waals surface area contributed by atoms with E-state index in [1.165, 1.54) is 9.40 Å². The first-order valence-electron chi connectivity index (χ1n) is 5.86. The molecule has 2 aromatic heterocycles. The first kappa shape index (κ1) is 13.0. The van der Waals surface area contributed by atoms with Crippen LogP contribution in [-0.2, 0) is 0 Å². The second-order valence-electron chi connectivity index (χ2n) is 4.31. The van der Waals surface area contributed by atoms with Gasteiger partial charge in [0.25, 0.3) is 0 Å². The first-order chi connectivity index (χ1) is 9.19. The molecule has 0 spiro atoms. The second kappa shape index (κ2) is 5.15. The summed E-state index contributed by atoms with van der Waals surface area (Å²) in [5.41, 5.74) is 2.07. The Hall–Kier alpha value is -1.04. The first-order valence-corrected chi connectivity index (χ1v) is 8.19. The molecular weight excluding hydrogens is 294 g/mol. The molecule has 0 aliphatic carbocycles. The number of fused-ring (bicyclic) bond motifs is 3. The van der Waals surface area contributed by atoms with E-state index < -0.39 is 0 Å². The summed E-state index contributed by atoms with van der Waals surface area (Å²) in [5.74, 6) is 1.56. The Morgan fingerprint density at radius 2 is 2.37 bits per heavy atom. The van der Waals surface area contributed by atoms with Gasteiger partial charge in [-0.25, -0.2) is 4.98 Å². The van der Waals surface area contributed by atoms with Crippen LogP contribution in [0.3, 0.4) is 0 Å². The van der Waals surface area contributed by atoms with Gasteiger partial charge in [-0.1, -0.05) is 6.58 Å². The molecule has 3 aromatic rings. The summed E-state index contributed by atoms with van der Waals surface area (Å²) in [6, 6.07) is 4.17. The van der Waals surface area contributed by atoms with Gasteiger partial charge in [0, 0.05) is 17.2 Å². The number of ether oxygens (including phenoxy) is 1. The molecule has 0 aliphatic heterocycles. The van der Waals surface area contributed by atoms with Gasteiger partial charge in [-0.05, 0) is 23.9 Å². The van der Waals surface area contributed by atoms with Crippen LogP contribution < -0.4 is 4.74 Å². The quantitative estimate of drug-likeness (QED) is 0.558. The standard InChI is InChI=1S/C14H13NOS3/c1-8(7-17)6-16-11-5-12-13(15-9(2)19-12)14-10(11)3-4-18-14/h3-5,17H,1,6-7H2,2H3. The van der Waals surface area contributed by atoms with Gasteiger partial charge in [0.2, 0.25) is 0 Å². The second-order valence-corrected chi connectivity index (χ2v) is 6.78. The Morgan fingerprint density at radius 3 is 3.16 bits per heavy atom. The fourth-order valence-electron chi connectivity index (χ4n) is 1.93. The maximum absolute atomic E-state index is 5.88. The lowest BCUT2D eigenvalue weighted by molar-refractivity contribution is 0.358. The number of benzene rings is 1. The lowest BCUT2D eigenvalue weighted by Crippen LogP contribution is -2.01. The number of thiazole rings is 1. The third-order valence-corrected chi connectivity index (χ3v) is 5.11. The van der Waals surface area contributed by atoms with Crippen molar-refractivity contribution in [1.29, 1.82) is 0 Å². The number of rotatable bonds is 4. The molecule has 0 N–H and O–H groups in total. The van der Waals surface area contributed by atoms with Crippen LogP contribution in [0.4, 0.5) is 0 Å². The zero-order valence-electron chi connectivity index (χ0n) is 10.5. The molecule has 1 aromatic carbocycles. The van der Waals surface area contributed by atoms with Crippen molar-refractivity contribution < 1.29 is 4.74 Å². The van der Waals surface area contributed by atoms with Crippen molar-refractivity contribution in [2.24, 2.45) is 0 Å². The van der Waals surface area contributed by atoms with Crippen molar-refractivity contribution >= 4 is 55.6 Å². The van der Waals surface area contributed by atoms with Gasteiger partial charge in [-0.2, -0.15) is 12.6 Å². The molecule has 0 amide bonds. The Labute approximate surface area is 125 Å². The van der Waals surface area contributed by atoms with Crippen LogP contribution in [0, 0.1) is 6.92 Å². The van der Waals surface area contributed by atoms with Gasteiger partial charge < -0.3 is 4.74 Å².